The highest BCUT2D eigenvalue weighted by Gasteiger charge is 2.22. The molecule has 4 aromatic rings. The molecule has 0 radical (unpaired) electrons. The molecule has 2 aromatic carbocycles. The summed E-state index contributed by atoms with van der Waals surface area (Å²) in [5.74, 6) is 1.08. The zero-order valence-electron chi connectivity index (χ0n) is 18.8. The summed E-state index contributed by atoms with van der Waals surface area (Å²) in [6.07, 6.45) is 3.80. The number of nitrogens with one attached hydrogen (secondary N) is 1. The summed E-state index contributed by atoms with van der Waals surface area (Å²) in [6, 6.07) is 18.0. The molecule has 0 aliphatic carbocycles. The van der Waals surface area contributed by atoms with Crippen molar-refractivity contribution in [2.75, 3.05) is 25.5 Å². The molecular weight excluding hydrogens is 514 g/mol. The number of hydrogen-bond acceptors (Lipinski definition) is 7. The standard InChI is InChI=1S/C25H26BrN5O2S/c1-33-34-23-9-5-2-6-17(23)16-30-12-10-18(11-13-30)28-24-14-21(19-7-3-4-8-22(19)32)29-25-20(26)15-27-31(24)25/h2-9,14-15,18,28,32H,10-13,16H2,1H3. The quantitative estimate of drug-likeness (QED) is 0.296. The fourth-order valence-electron chi connectivity index (χ4n) is 4.36. The van der Waals surface area contributed by atoms with E-state index in [-0.39, 0.29) is 5.75 Å². The second-order valence-corrected chi connectivity index (χ2v) is 10.1. The minimum atomic E-state index is 0.209. The van der Waals surface area contributed by atoms with Crippen LogP contribution in [-0.4, -0.2) is 50.8 Å². The number of piperidine rings is 1. The van der Waals surface area contributed by atoms with E-state index in [1.807, 2.05) is 34.8 Å². The maximum atomic E-state index is 10.4. The third kappa shape index (κ3) is 4.93. The molecule has 0 atom stereocenters. The van der Waals surface area contributed by atoms with Gasteiger partial charge >= 0.3 is 0 Å². The average molecular weight is 540 g/mol. The smallest absolute Gasteiger partial charge is 0.172 e. The highest BCUT2D eigenvalue weighted by Crippen LogP contribution is 2.32. The molecule has 0 saturated carbocycles. The third-order valence-corrected chi connectivity index (χ3v) is 7.39. The number of aromatic hydroxyl groups is 1. The van der Waals surface area contributed by atoms with E-state index >= 15 is 0 Å². The number of rotatable bonds is 7. The molecule has 0 bridgehead atoms. The van der Waals surface area contributed by atoms with Crippen LogP contribution >= 0.6 is 28.0 Å². The van der Waals surface area contributed by atoms with E-state index in [0.29, 0.717) is 22.9 Å². The Labute approximate surface area is 211 Å². The van der Waals surface area contributed by atoms with Gasteiger partial charge in [0.05, 0.1) is 23.5 Å². The minimum absolute atomic E-state index is 0.209. The Kier molecular flexibility index (Phi) is 7.05. The van der Waals surface area contributed by atoms with Crippen LogP contribution in [-0.2, 0) is 10.7 Å². The molecule has 2 aromatic heterocycles. The fourth-order valence-corrected chi connectivity index (χ4v) is 5.26. The van der Waals surface area contributed by atoms with E-state index in [0.717, 1.165) is 42.8 Å². The molecule has 1 fully saturated rings. The molecular formula is C25H26BrN5O2S. The molecule has 1 aliphatic heterocycles. The number of halogens is 1. The maximum absolute atomic E-state index is 10.4. The van der Waals surface area contributed by atoms with Gasteiger partial charge in [-0.05, 0) is 52.5 Å². The summed E-state index contributed by atoms with van der Waals surface area (Å²) in [6.45, 7) is 2.93. The number of anilines is 1. The van der Waals surface area contributed by atoms with Crippen molar-refractivity contribution in [2.45, 2.75) is 30.3 Å². The van der Waals surface area contributed by atoms with Gasteiger partial charge < -0.3 is 14.6 Å². The lowest BCUT2D eigenvalue weighted by atomic mass is 10.0. The summed E-state index contributed by atoms with van der Waals surface area (Å²) >= 11 is 4.97. The predicted molar refractivity (Wildman–Crippen MR) is 139 cm³/mol. The fraction of sp³-hybridized carbons (Fsp3) is 0.280. The first-order chi connectivity index (χ1) is 16.6. The number of para-hydroxylation sites is 1. The normalized spacial score (nSPS) is 15.1. The number of nitrogens with zero attached hydrogens (tertiary/aromatic N) is 4. The monoisotopic (exact) mass is 539 g/mol. The first kappa shape index (κ1) is 23.2. The number of benzene rings is 2. The minimum Gasteiger partial charge on any atom is -0.507 e. The summed E-state index contributed by atoms with van der Waals surface area (Å²) in [5.41, 5.74) is 3.42. The van der Waals surface area contributed by atoms with Gasteiger partial charge in [0.1, 0.15) is 11.6 Å². The van der Waals surface area contributed by atoms with Gasteiger partial charge in [-0.2, -0.15) is 9.61 Å². The maximum Gasteiger partial charge on any atom is 0.172 e. The lowest BCUT2D eigenvalue weighted by Gasteiger charge is -2.33. The molecule has 5 rings (SSSR count). The molecule has 1 aliphatic rings. The van der Waals surface area contributed by atoms with Crippen LogP contribution < -0.4 is 5.32 Å². The average Bonchev–Trinajstić information content (AvgIpc) is 3.23. The van der Waals surface area contributed by atoms with Gasteiger partial charge in [0, 0.05) is 54.2 Å². The van der Waals surface area contributed by atoms with E-state index < -0.39 is 0 Å². The molecule has 34 heavy (non-hydrogen) atoms. The summed E-state index contributed by atoms with van der Waals surface area (Å²) in [4.78, 5) is 8.40. The van der Waals surface area contributed by atoms with Crippen molar-refractivity contribution in [3.05, 3.63) is 70.8 Å². The molecule has 2 N–H and O–H groups in total. The largest absolute Gasteiger partial charge is 0.507 e. The first-order valence-electron chi connectivity index (χ1n) is 11.2. The van der Waals surface area contributed by atoms with Crippen LogP contribution in [0.4, 0.5) is 5.82 Å². The molecule has 0 unspecified atom stereocenters. The van der Waals surface area contributed by atoms with Crippen LogP contribution in [0.1, 0.15) is 18.4 Å². The van der Waals surface area contributed by atoms with Gasteiger partial charge in [-0.3, -0.25) is 4.90 Å². The Balaban J connectivity index is 1.31. The van der Waals surface area contributed by atoms with Crippen molar-refractivity contribution in [1.29, 1.82) is 0 Å². The first-order valence-corrected chi connectivity index (χ1v) is 12.8. The Hall–Kier alpha value is -2.59. The van der Waals surface area contributed by atoms with Crippen LogP contribution in [0, 0.1) is 0 Å². The molecule has 176 valence electrons. The number of aromatic nitrogens is 3. The molecule has 9 heteroatoms. The van der Waals surface area contributed by atoms with E-state index in [2.05, 4.69) is 49.4 Å². The van der Waals surface area contributed by atoms with Crippen LogP contribution in [0.5, 0.6) is 5.75 Å². The van der Waals surface area contributed by atoms with Crippen molar-refractivity contribution in [3.63, 3.8) is 0 Å². The number of phenols is 1. The van der Waals surface area contributed by atoms with E-state index in [1.165, 1.54) is 22.5 Å². The van der Waals surface area contributed by atoms with Crippen LogP contribution in [0.2, 0.25) is 0 Å². The van der Waals surface area contributed by atoms with Crippen molar-refractivity contribution in [2.24, 2.45) is 0 Å². The van der Waals surface area contributed by atoms with Crippen molar-refractivity contribution in [3.8, 4) is 17.0 Å². The van der Waals surface area contributed by atoms with E-state index in [9.17, 15) is 5.11 Å². The Morgan fingerprint density at radius 3 is 2.71 bits per heavy atom. The van der Waals surface area contributed by atoms with Crippen LogP contribution in [0.3, 0.4) is 0 Å². The van der Waals surface area contributed by atoms with Gasteiger partial charge in [0.2, 0.25) is 0 Å². The van der Waals surface area contributed by atoms with E-state index in [1.54, 1.807) is 19.4 Å². The zero-order chi connectivity index (χ0) is 23.5. The highest BCUT2D eigenvalue weighted by molar-refractivity contribution is 9.10. The van der Waals surface area contributed by atoms with Crippen LogP contribution in [0.15, 0.2) is 70.2 Å². The Morgan fingerprint density at radius 2 is 1.91 bits per heavy atom. The second-order valence-electron chi connectivity index (χ2n) is 8.32. The van der Waals surface area contributed by atoms with E-state index in [4.69, 9.17) is 9.17 Å². The summed E-state index contributed by atoms with van der Waals surface area (Å²) < 4.78 is 7.92. The topological polar surface area (TPSA) is 74.9 Å². The van der Waals surface area contributed by atoms with Gasteiger partial charge in [0.25, 0.3) is 0 Å². The van der Waals surface area contributed by atoms with Gasteiger partial charge in [-0.1, -0.05) is 30.3 Å². The number of hydrogen-bond donors (Lipinski definition) is 2. The second kappa shape index (κ2) is 10.4. The number of phenolic OH excluding ortho intramolecular Hbond substituents is 1. The molecule has 0 amide bonds. The van der Waals surface area contributed by atoms with Gasteiger partial charge in [-0.25, -0.2) is 4.98 Å². The Bertz CT molecular complexity index is 1290. The van der Waals surface area contributed by atoms with Crippen LogP contribution in [0.25, 0.3) is 16.9 Å². The molecule has 7 nitrogen and oxygen atoms in total. The van der Waals surface area contributed by atoms with Crippen molar-refractivity contribution >= 4 is 39.4 Å². The lowest BCUT2D eigenvalue weighted by molar-refractivity contribution is 0.209. The number of fused-ring (bicyclic) bond motifs is 1. The SMILES string of the molecule is COSc1ccccc1CN1CCC(Nc2cc(-c3ccccc3O)nc3c(Br)cnn23)CC1. The third-order valence-electron chi connectivity index (χ3n) is 6.09. The van der Waals surface area contributed by atoms with Gasteiger partial charge in [0.15, 0.2) is 5.65 Å². The molecule has 3 heterocycles. The summed E-state index contributed by atoms with van der Waals surface area (Å²) in [5, 5.41) is 18.5. The number of likely N-dealkylation sites (tertiary alicyclic amines) is 1. The van der Waals surface area contributed by atoms with Gasteiger partial charge in [-0.15, -0.1) is 0 Å². The highest BCUT2D eigenvalue weighted by atomic mass is 79.9. The zero-order valence-corrected chi connectivity index (χ0v) is 21.2. The van der Waals surface area contributed by atoms with Crippen molar-refractivity contribution < 1.29 is 9.29 Å². The Morgan fingerprint density at radius 1 is 1.15 bits per heavy atom. The predicted octanol–water partition coefficient (Wildman–Crippen LogP) is 5.59. The summed E-state index contributed by atoms with van der Waals surface area (Å²) in [7, 11) is 1.71. The lowest BCUT2D eigenvalue weighted by Crippen LogP contribution is -2.39. The van der Waals surface area contributed by atoms with Crippen molar-refractivity contribution in [1.82, 2.24) is 19.5 Å². The molecule has 0 spiro atoms. The molecule has 1 saturated heterocycles.